The molecule has 1 unspecified atom stereocenters. The van der Waals surface area contributed by atoms with Gasteiger partial charge in [-0.25, -0.2) is 28.7 Å². The largest absolute Gasteiger partial charge is 0.465 e. The van der Waals surface area contributed by atoms with Crippen LogP contribution in [0.15, 0.2) is 55.0 Å². The van der Waals surface area contributed by atoms with Crippen LogP contribution in [0.4, 0.5) is 15.0 Å². The number of hydrogen-bond acceptors (Lipinski definition) is 7. The highest BCUT2D eigenvalue weighted by molar-refractivity contribution is 5.65. The van der Waals surface area contributed by atoms with E-state index in [1.54, 1.807) is 35.2 Å². The molecule has 0 bridgehead atoms. The van der Waals surface area contributed by atoms with Crippen LogP contribution in [0.3, 0.4) is 0 Å². The third-order valence-electron chi connectivity index (χ3n) is 7.04. The molecule has 190 valence electrons. The number of nitrogens with zero attached hydrogens (tertiary/aromatic N) is 7. The maximum Gasteiger partial charge on any atom is 0.407 e. The van der Waals surface area contributed by atoms with Gasteiger partial charge in [0.1, 0.15) is 17.7 Å². The lowest BCUT2D eigenvalue weighted by Gasteiger charge is -2.29. The first-order valence-corrected chi connectivity index (χ1v) is 12.4. The van der Waals surface area contributed by atoms with Crippen LogP contribution in [0.25, 0.3) is 16.9 Å². The third kappa shape index (κ3) is 4.64. The first kappa shape index (κ1) is 23.1. The summed E-state index contributed by atoms with van der Waals surface area (Å²) in [5.74, 6) is 0.565. The van der Waals surface area contributed by atoms with E-state index in [0.717, 1.165) is 42.0 Å². The Bertz CT molecular complexity index is 1420. The molecule has 2 saturated heterocycles. The van der Waals surface area contributed by atoms with Crippen molar-refractivity contribution in [3.8, 4) is 17.3 Å². The molecule has 5 heterocycles. The average Bonchev–Trinajstić information content (AvgIpc) is 3.57. The maximum atomic E-state index is 13.9. The number of carboxylic acid groups (broad SMARTS) is 1. The molecule has 1 amide bonds. The fourth-order valence-electron chi connectivity index (χ4n) is 5.14. The molecule has 2 aliphatic rings. The van der Waals surface area contributed by atoms with Crippen LogP contribution in [-0.4, -0.2) is 66.4 Å². The van der Waals surface area contributed by atoms with Crippen molar-refractivity contribution < 1.29 is 19.0 Å². The van der Waals surface area contributed by atoms with E-state index in [-0.39, 0.29) is 24.0 Å². The van der Waals surface area contributed by atoms with Gasteiger partial charge in [-0.1, -0.05) is 12.1 Å². The highest BCUT2D eigenvalue weighted by atomic mass is 19.1. The lowest BCUT2D eigenvalue weighted by molar-refractivity contribution is 0.0843. The van der Waals surface area contributed by atoms with Crippen LogP contribution in [-0.2, 0) is 0 Å². The van der Waals surface area contributed by atoms with Crippen LogP contribution < -0.4 is 9.64 Å². The molecule has 3 aromatic heterocycles. The summed E-state index contributed by atoms with van der Waals surface area (Å²) in [6, 6.07) is 11.0. The Morgan fingerprint density at radius 3 is 2.57 bits per heavy atom. The summed E-state index contributed by atoms with van der Waals surface area (Å²) < 4.78 is 21.5. The fourth-order valence-corrected chi connectivity index (χ4v) is 5.14. The molecule has 2 fully saturated rings. The molecule has 10 nitrogen and oxygen atoms in total. The van der Waals surface area contributed by atoms with Crippen LogP contribution in [0.1, 0.15) is 37.3 Å². The average molecular weight is 504 g/mol. The Hall–Kier alpha value is -4.28. The summed E-state index contributed by atoms with van der Waals surface area (Å²) in [6.07, 6.45) is 7.21. The lowest BCUT2D eigenvalue weighted by atomic mass is 10.0. The van der Waals surface area contributed by atoms with Gasteiger partial charge in [-0.15, -0.1) is 5.10 Å². The number of rotatable bonds is 5. The fraction of sp³-hybridized carbons (Fsp3) is 0.346. The van der Waals surface area contributed by atoms with Crippen molar-refractivity contribution in [2.24, 2.45) is 0 Å². The smallest absolute Gasteiger partial charge is 0.407 e. The molecule has 2 aliphatic heterocycles. The van der Waals surface area contributed by atoms with Crippen LogP contribution in [0.2, 0.25) is 0 Å². The predicted octanol–water partition coefficient (Wildman–Crippen LogP) is 4.19. The quantitative estimate of drug-likeness (QED) is 0.432. The molecule has 0 radical (unpaired) electrons. The summed E-state index contributed by atoms with van der Waals surface area (Å²) in [4.78, 5) is 27.9. The summed E-state index contributed by atoms with van der Waals surface area (Å²) in [7, 11) is 0. The Kier molecular flexibility index (Phi) is 6.03. The van der Waals surface area contributed by atoms with E-state index >= 15 is 0 Å². The highest BCUT2D eigenvalue weighted by Gasteiger charge is 2.28. The predicted molar refractivity (Wildman–Crippen MR) is 133 cm³/mol. The van der Waals surface area contributed by atoms with Crippen molar-refractivity contribution >= 4 is 17.6 Å². The first-order chi connectivity index (χ1) is 18.0. The first-order valence-electron chi connectivity index (χ1n) is 12.4. The number of aromatic nitrogens is 5. The van der Waals surface area contributed by atoms with Gasteiger partial charge >= 0.3 is 12.1 Å². The van der Waals surface area contributed by atoms with Gasteiger partial charge in [-0.3, -0.25) is 0 Å². The molecule has 1 aromatic carbocycles. The van der Waals surface area contributed by atoms with Crippen molar-refractivity contribution in [3.63, 3.8) is 0 Å². The molecule has 0 saturated carbocycles. The van der Waals surface area contributed by atoms with E-state index in [2.05, 4.69) is 19.9 Å². The van der Waals surface area contributed by atoms with Gasteiger partial charge in [0.05, 0.1) is 17.9 Å². The lowest BCUT2D eigenvalue weighted by Crippen LogP contribution is -2.41. The molecule has 0 aliphatic carbocycles. The van der Waals surface area contributed by atoms with Crippen molar-refractivity contribution in [3.05, 3.63) is 66.4 Å². The van der Waals surface area contributed by atoms with Crippen molar-refractivity contribution in [1.82, 2.24) is 29.5 Å². The Balaban J connectivity index is 1.21. The second kappa shape index (κ2) is 9.64. The van der Waals surface area contributed by atoms with Gasteiger partial charge in [0, 0.05) is 50.4 Å². The van der Waals surface area contributed by atoms with E-state index in [9.17, 15) is 9.18 Å². The zero-order chi connectivity index (χ0) is 25.4. The number of halogens is 1. The van der Waals surface area contributed by atoms with Gasteiger partial charge in [-0.05, 0) is 42.7 Å². The number of imidazole rings is 1. The zero-order valence-corrected chi connectivity index (χ0v) is 20.1. The van der Waals surface area contributed by atoms with E-state index in [1.165, 1.54) is 11.0 Å². The van der Waals surface area contributed by atoms with Gasteiger partial charge in [0.25, 0.3) is 0 Å². The number of anilines is 1. The summed E-state index contributed by atoms with van der Waals surface area (Å²) >= 11 is 0. The number of hydrogen-bond donors (Lipinski definition) is 1. The van der Waals surface area contributed by atoms with Gasteiger partial charge in [0.15, 0.2) is 5.65 Å². The normalized spacial score (nSPS) is 18.5. The van der Waals surface area contributed by atoms with Crippen molar-refractivity contribution in [1.29, 1.82) is 0 Å². The minimum atomic E-state index is -0.905. The van der Waals surface area contributed by atoms with Gasteiger partial charge in [-0.2, -0.15) is 0 Å². The number of piperidine rings is 1. The second-order valence-electron chi connectivity index (χ2n) is 9.35. The Morgan fingerprint density at radius 1 is 1.00 bits per heavy atom. The van der Waals surface area contributed by atoms with Crippen molar-refractivity contribution in [2.45, 2.75) is 37.8 Å². The molecule has 11 heteroatoms. The van der Waals surface area contributed by atoms with E-state index in [0.29, 0.717) is 31.6 Å². The number of benzene rings is 1. The molecule has 0 spiro atoms. The van der Waals surface area contributed by atoms with E-state index in [4.69, 9.17) is 14.9 Å². The van der Waals surface area contributed by atoms with E-state index < -0.39 is 6.09 Å². The molecule has 1 atom stereocenters. The van der Waals surface area contributed by atoms with Crippen molar-refractivity contribution in [2.75, 3.05) is 24.5 Å². The number of ether oxygens (including phenoxy) is 1. The van der Waals surface area contributed by atoms with Crippen LogP contribution in [0.5, 0.6) is 6.01 Å². The Labute approximate surface area is 212 Å². The van der Waals surface area contributed by atoms with Gasteiger partial charge in [0.2, 0.25) is 0 Å². The second-order valence-corrected chi connectivity index (χ2v) is 9.35. The summed E-state index contributed by atoms with van der Waals surface area (Å²) in [5.41, 5.74) is 3.14. The SMILES string of the molecule is O=C(O)N1CCC(Oc2ncc(-c3cnc4ccc(N5CCCC5c5cccc(F)c5)nn34)cn2)CC1. The van der Waals surface area contributed by atoms with E-state index in [1.807, 2.05) is 18.2 Å². The topological polar surface area (TPSA) is 109 Å². The Morgan fingerprint density at radius 2 is 1.81 bits per heavy atom. The molecule has 37 heavy (non-hydrogen) atoms. The number of fused-ring (bicyclic) bond motifs is 1. The number of likely N-dealkylation sites (tertiary alicyclic amines) is 1. The zero-order valence-electron chi connectivity index (χ0n) is 20.1. The molecule has 6 rings (SSSR count). The summed E-state index contributed by atoms with van der Waals surface area (Å²) in [5, 5.41) is 14.0. The maximum absolute atomic E-state index is 13.9. The third-order valence-corrected chi connectivity index (χ3v) is 7.04. The number of carbonyl (C=O) groups is 1. The summed E-state index contributed by atoms with van der Waals surface area (Å²) in [6.45, 7) is 1.71. The minimum absolute atomic E-state index is 0.0646. The van der Waals surface area contributed by atoms with Crippen LogP contribution in [0, 0.1) is 5.82 Å². The molecular weight excluding hydrogens is 477 g/mol. The molecular formula is C26H26FN7O3. The minimum Gasteiger partial charge on any atom is -0.465 e. The molecule has 1 N–H and O–H groups in total. The standard InChI is InChI=1S/C26H26FN7O3/c27-19-4-1-3-17(13-19)21-5-2-10-33(21)24-7-6-23-28-16-22(34(23)31-24)18-14-29-25(30-15-18)37-20-8-11-32(12-9-20)26(35)36/h1,3-4,6-7,13-16,20-21H,2,5,8-12H2,(H,35,36). The monoisotopic (exact) mass is 503 g/mol. The highest BCUT2D eigenvalue weighted by Crippen LogP contribution is 2.35. The van der Waals surface area contributed by atoms with Crippen LogP contribution >= 0.6 is 0 Å². The van der Waals surface area contributed by atoms with Gasteiger partial charge < -0.3 is 19.6 Å². The molecule has 4 aromatic rings. The number of amides is 1.